The molecule has 18 heavy (non-hydrogen) atoms. The van der Waals surface area contributed by atoms with Crippen LogP contribution >= 0.6 is 0 Å². The largest absolute Gasteiger partial charge is 0.511 e. The number of nitrogens with one attached hydrogen (secondary N) is 1. The Morgan fingerprint density at radius 1 is 1.33 bits per heavy atom. The van der Waals surface area contributed by atoms with Crippen LogP contribution in [0.25, 0.3) is 0 Å². The number of benzene rings is 1. The first-order valence-corrected chi connectivity index (χ1v) is 6.74. The van der Waals surface area contributed by atoms with Gasteiger partial charge >= 0.3 is 15.5 Å². The van der Waals surface area contributed by atoms with Gasteiger partial charge in [-0.25, -0.2) is 13.1 Å². The summed E-state index contributed by atoms with van der Waals surface area (Å²) in [5, 5.41) is 0. The zero-order chi connectivity index (χ0) is 14.0. The highest BCUT2D eigenvalue weighted by Gasteiger charge is 2.46. The molecule has 7 heteroatoms. The second kappa shape index (κ2) is 5.27. The monoisotopic (exact) mass is 281 g/mol. The molecule has 0 spiro atoms. The first-order chi connectivity index (χ1) is 8.12. The summed E-state index contributed by atoms with van der Waals surface area (Å²) in [6.45, 7) is 3.25. The fraction of sp³-hybridized carbons (Fsp3) is 0.455. The van der Waals surface area contributed by atoms with Crippen molar-refractivity contribution in [2.75, 3.05) is 0 Å². The minimum absolute atomic E-state index is 0.205. The molecule has 0 aliphatic heterocycles. The van der Waals surface area contributed by atoms with Crippen LogP contribution in [0.4, 0.5) is 13.2 Å². The van der Waals surface area contributed by atoms with E-state index in [0.717, 1.165) is 11.1 Å². The molecule has 1 aromatic carbocycles. The fourth-order valence-electron chi connectivity index (χ4n) is 1.57. The highest BCUT2D eigenvalue weighted by molar-refractivity contribution is 7.90. The summed E-state index contributed by atoms with van der Waals surface area (Å²) >= 11 is 0. The molecule has 0 aromatic heterocycles. The van der Waals surface area contributed by atoms with E-state index < -0.39 is 21.6 Å². The lowest BCUT2D eigenvalue weighted by molar-refractivity contribution is -0.0450. The van der Waals surface area contributed by atoms with E-state index in [0.29, 0.717) is 0 Å². The van der Waals surface area contributed by atoms with Crippen LogP contribution in [0.15, 0.2) is 24.3 Å². The third-order valence-electron chi connectivity index (χ3n) is 2.29. The molecular formula is C11H14F3NO2S. The molecule has 0 unspecified atom stereocenters. The summed E-state index contributed by atoms with van der Waals surface area (Å²) in [6, 6.07) is 6.35. The molecule has 0 aliphatic rings. The van der Waals surface area contributed by atoms with Crippen LogP contribution in [0.3, 0.4) is 0 Å². The smallest absolute Gasteiger partial charge is 0.204 e. The van der Waals surface area contributed by atoms with E-state index in [1.54, 1.807) is 22.9 Å². The van der Waals surface area contributed by atoms with Gasteiger partial charge in [0.1, 0.15) is 0 Å². The Bertz CT molecular complexity index is 511. The van der Waals surface area contributed by atoms with Crippen LogP contribution in [0.2, 0.25) is 0 Å². The SMILES string of the molecule is Cc1cccc(C[C@H](C)NS(=O)(=O)C(F)(F)F)c1. The standard InChI is InChI=1S/C11H14F3NO2S/c1-8-4-3-5-10(6-8)7-9(2)15-18(16,17)11(12,13)14/h3-6,9,15H,7H2,1-2H3/t9-/m0/s1. The Morgan fingerprint density at radius 2 is 1.94 bits per heavy atom. The maximum absolute atomic E-state index is 12.1. The van der Waals surface area contributed by atoms with Crippen molar-refractivity contribution in [3.8, 4) is 0 Å². The maximum atomic E-state index is 12.1. The molecule has 102 valence electrons. The topological polar surface area (TPSA) is 46.2 Å². The average Bonchev–Trinajstić information content (AvgIpc) is 2.14. The van der Waals surface area contributed by atoms with Crippen molar-refractivity contribution >= 4 is 10.0 Å². The predicted molar refractivity (Wildman–Crippen MR) is 62.5 cm³/mol. The van der Waals surface area contributed by atoms with Crippen molar-refractivity contribution in [2.24, 2.45) is 0 Å². The minimum atomic E-state index is -5.28. The highest BCUT2D eigenvalue weighted by atomic mass is 32.2. The van der Waals surface area contributed by atoms with Crippen molar-refractivity contribution in [1.82, 2.24) is 4.72 Å². The molecule has 3 nitrogen and oxygen atoms in total. The maximum Gasteiger partial charge on any atom is 0.511 e. The van der Waals surface area contributed by atoms with Gasteiger partial charge in [0, 0.05) is 6.04 Å². The second-order valence-electron chi connectivity index (χ2n) is 4.16. The van der Waals surface area contributed by atoms with E-state index in [4.69, 9.17) is 0 Å². The van der Waals surface area contributed by atoms with Crippen LogP contribution in [0.5, 0.6) is 0 Å². The fourth-order valence-corrected chi connectivity index (χ4v) is 2.31. The van der Waals surface area contributed by atoms with E-state index in [1.807, 2.05) is 13.0 Å². The molecule has 0 bridgehead atoms. The number of alkyl halides is 3. The van der Waals surface area contributed by atoms with Crippen LogP contribution in [-0.2, 0) is 16.4 Å². The molecule has 1 aromatic rings. The van der Waals surface area contributed by atoms with Gasteiger partial charge in [0.15, 0.2) is 0 Å². The second-order valence-corrected chi connectivity index (χ2v) is 5.87. The van der Waals surface area contributed by atoms with E-state index in [9.17, 15) is 21.6 Å². The number of hydrogen-bond acceptors (Lipinski definition) is 2. The average molecular weight is 281 g/mol. The summed E-state index contributed by atoms with van der Waals surface area (Å²) in [5.74, 6) is 0. The summed E-state index contributed by atoms with van der Waals surface area (Å²) in [6.07, 6.45) is 0.205. The molecule has 0 radical (unpaired) electrons. The molecule has 0 saturated carbocycles. The van der Waals surface area contributed by atoms with Crippen molar-refractivity contribution in [3.05, 3.63) is 35.4 Å². The molecule has 0 fully saturated rings. The lowest BCUT2D eigenvalue weighted by atomic mass is 10.1. The van der Waals surface area contributed by atoms with Gasteiger partial charge in [-0.3, -0.25) is 0 Å². The molecule has 1 N–H and O–H groups in total. The molecule has 0 aliphatic carbocycles. The summed E-state index contributed by atoms with van der Waals surface area (Å²) < 4.78 is 59.8. The molecule has 1 atom stereocenters. The van der Waals surface area contributed by atoms with Gasteiger partial charge in [0.25, 0.3) is 0 Å². The van der Waals surface area contributed by atoms with Gasteiger partial charge in [-0.15, -0.1) is 0 Å². The van der Waals surface area contributed by atoms with Crippen LogP contribution in [-0.4, -0.2) is 20.0 Å². The number of rotatable bonds is 4. The van der Waals surface area contributed by atoms with E-state index in [2.05, 4.69) is 0 Å². The molecular weight excluding hydrogens is 267 g/mol. The summed E-state index contributed by atoms with van der Waals surface area (Å²) in [7, 11) is -5.28. The zero-order valence-electron chi connectivity index (χ0n) is 9.95. The third-order valence-corrected chi connectivity index (χ3v) is 3.61. The number of hydrogen-bond donors (Lipinski definition) is 1. The van der Waals surface area contributed by atoms with Crippen molar-refractivity contribution in [2.45, 2.75) is 31.8 Å². The predicted octanol–water partition coefficient (Wildman–Crippen LogP) is 2.37. The number of halogens is 3. The van der Waals surface area contributed by atoms with Crippen LogP contribution in [0, 0.1) is 6.92 Å². The van der Waals surface area contributed by atoms with Crippen molar-refractivity contribution in [1.29, 1.82) is 0 Å². The highest BCUT2D eigenvalue weighted by Crippen LogP contribution is 2.22. The van der Waals surface area contributed by atoms with Gasteiger partial charge in [-0.1, -0.05) is 29.8 Å². The lowest BCUT2D eigenvalue weighted by Crippen LogP contribution is -2.42. The molecule has 0 saturated heterocycles. The number of sulfonamides is 1. The Labute approximate surface area is 104 Å². The van der Waals surface area contributed by atoms with Crippen molar-refractivity contribution < 1.29 is 21.6 Å². The van der Waals surface area contributed by atoms with Gasteiger partial charge in [0.2, 0.25) is 0 Å². The van der Waals surface area contributed by atoms with Gasteiger partial charge in [0.05, 0.1) is 0 Å². The van der Waals surface area contributed by atoms with Crippen molar-refractivity contribution in [3.63, 3.8) is 0 Å². The first-order valence-electron chi connectivity index (χ1n) is 5.26. The molecule has 1 rings (SSSR count). The van der Waals surface area contributed by atoms with Gasteiger partial charge in [-0.05, 0) is 25.8 Å². The van der Waals surface area contributed by atoms with Gasteiger partial charge < -0.3 is 0 Å². The van der Waals surface area contributed by atoms with E-state index in [-0.39, 0.29) is 6.42 Å². The quantitative estimate of drug-likeness (QED) is 0.921. The lowest BCUT2D eigenvalue weighted by Gasteiger charge is -2.15. The Hall–Kier alpha value is -1.08. The normalized spacial score (nSPS) is 14.5. The Morgan fingerprint density at radius 3 is 2.44 bits per heavy atom. The van der Waals surface area contributed by atoms with E-state index >= 15 is 0 Å². The Kier molecular flexibility index (Phi) is 4.39. The minimum Gasteiger partial charge on any atom is -0.204 e. The number of aryl methyl sites for hydroxylation is 1. The Balaban J connectivity index is 2.71. The van der Waals surface area contributed by atoms with Crippen LogP contribution in [0.1, 0.15) is 18.1 Å². The molecule has 0 amide bonds. The third kappa shape index (κ3) is 3.99. The zero-order valence-corrected chi connectivity index (χ0v) is 10.8. The molecule has 0 heterocycles. The van der Waals surface area contributed by atoms with Gasteiger partial charge in [-0.2, -0.15) is 13.2 Å². The van der Waals surface area contributed by atoms with Crippen LogP contribution < -0.4 is 4.72 Å². The van der Waals surface area contributed by atoms with E-state index in [1.165, 1.54) is 6.92 Å². The summed E-state index contributed by atoms with van der Waals surface area (Å²) in [4.78, 5) is 0. The first kappa shape index (κ1) is 15.0. The summed E-state index contributed by atoms with van der Waals surface area (Å²) in [5.41, 5.74) is -3.51.